The molecule has 0 saturated heterocycles. The number of nitrogens with one attached hydrogen (secondary N) is 1. The highest BCUT2D eigenvalue weighted by atomic mass is 16.5. The topological polar surface area (TPSA) is 87.5 Å². The van der Waals surface area contributed by atoms with Crippen molar-refractivity contribution in [2.24, 2.45) is 0 Å². The third-order valence-electron chi connectivity index (χ3n) is 3.79. The highest BCUT2D eigenvalue weighted by Crippen LogP contribution is 2.26. The molecule has 27 heavy (non-hydrogen) atoms. The van der Waals surface area contributed by atoms with Gasteiger partial charge in [-0.05, 0) is 48.5 Å². The molecule has 0 atom stereocenters. The van der Waals surface area contributed by atoms with Crippen molar-refractivity contribution in [2.75, 3.05) is 32.8 Å². The molecule has 140 valence electrons. The minimum absolute atomic E-state index is 0.257. The number of nitrogens with zero attached hydrogens (tertiary/aromatic N) is 3. The normalized spacial score (nSPS) is 10.4. The monoisotopic (exact) mass is 368 g/mol. The van der Waals surface area contributed by atoms with E-state index < -0.39 is 0 Å². The van der Waals surface area contributed by atoms with E-state index in [9.17, 15) is 4.79 Å². The highest BCUT2D eigenvalue weighted by Gasteiger charge is 2.15. The van der Waals surface area contributed by atoms with E-state index in [1.54, 1.807) is 31.0 Å². The summed E-state index contributed by atoms with van der Waals surface area (Å²) in [5.74, 6) is 1.38. The molecule has 0 aliphatic heterocycles. The smallest absolute Gasteiger partial charge is 0.336 e. The molecule has 3 aromatic rings. The van der Waals surface area contributed by atoms with Crippen LogP contribution in [0.2, 0.25) is 0 Å². The van der Waals surface area contributed by atoms with Crippen LogP contribution < -0.4 is 14.8 Å². The molecule has 0 bridgehead atoms. The average Bonchev–Trinajstić information content (AvgIpc) is 3.13. The molecule has 0 unspecified atom stereocenters. The lowest BCUT2D eigenvalue weighted by Crippen LogP contribution is -2.05. The van der Waals surface area contributed by atoms with Crippen molar-refractivity contribution >= 4 is 12.1 Å². The third-order valence-corrected chi connectivity index (χ3v) is 3.79. The first-order valence-corrected chi connectivity index (χ1v) is 8.29. The number of hydrogen-bond donors (Lipinski definition) is 1. The Morgan fingerprint density at radius 3 is 2.41 bits per heavy atom. The Labute approximate surface area is 156 Å². The van der Waals surface area contributed by atoms with Crippen LogP contribution in [0.1, 0.15) is 0 Å². The predicted molar refractivity (Wildman–Crippen MR) is 100 cm³/mol. The van der Waals surface area contributed by atoms with E-state index in [1.807, 2.05) is 36.4 Å². The molecule has 8 nitrogen and oxygen atoms in total. The number of carbonyl (C=O) groups is 1. The largest absolute Gasteiger partial charge is 0.497 e. The van der Waals surface area contributed by atoms with Crippen molar-refractivity contribution in [3.8, 4) is 28.8 Å². The summed E-state index contributed by atoms with van der Waals surface area (Å²) in [5.41, 5.74) is 2.34. The van der Waals surface area contributed by atoms with Gasteiger partial charge in [-0.25, -0.2) is 4.68 Å². The van der Waals surface area contributed by atoms with Gasteiger partial charge in [0, 0.05) is 18.4 Å². The van der Waals surface area contributed by atoms with E-state index >= 15 is 0 Å². The average molecular weight is 368 g/mol. The van der Waals surface area contributed by atoms with Gasteiger partial charge in [-0.3, -0.25) is 4.79 Å². The Balaban J connectivity index is 1.97. The lowest BCUT2D eigenvalue weighted by molar-refractivity contribution is -0.105. The van der Waals surface area contributed by atoms with Gasteiger partial charge >= 0.3 is 6.01 Å². The summed E-state index contributed by atoms with van der Waals surface area (Å²) < 4.78 is 17.5. The van der Waals surface area contributed by atoms with Crippen LogP contribution in [0.25, 0.3) is 17.1 Å². The number of amides is 1. The minimum Gasteiger partial charge on any atom is -0.497 e. The van der Waals surface area contributed by atoms with Crippen molar-refractivity contribution in [1.82, 2.24) is 14.8 Å². The second-order valence-corrected chi connectivity index (χ2v) is 5.51. The van der Waals surface area contributed by atoms with Crippen molar-refractivity contribution in [3.63, 3.8) is 0 Å². The number of anilines is 1. The summed E-state index contributed by atoms with van der Waals surface area (Å²) >= 11 is 0. The summed E-state index contributed by atoms with van der Waals surface area (Å²) in [6, 6.07) is 15.0. The van der Waals surface area contributed by atoms with Crippen LogP contribution in [0.4, 0.5) is 5.69 Å². The van der Waals surface area contributed by atoms with Gasteiger partial charge in [0.2, 0.25) is 6.41 Å². The number of aromatic nitrogens is 3. The molecule has 1 N–H and O–H groups in total. The van der Waals surface area contributed by atoms with Gasteiger partial charge in [-0.2, -0.15) is 4.98 Å². The zero-order chi connectivity index (χ0) is 19.1. The Kier molecular flexibility index (Phi) is 6.01. The van der Waals surface area contributed by atoms with E-state index in [0.717, 1.165) is 17.0 Å². The van der Waals surface area contributed by atoms with Gasteiger partial charge < -0.3 is 19.5 Å². The molecule has 0 fully saturated rings. The second-order valence-electron chi connectivity index (χ2n) is 5.51. The molecule has 0 saturated carbocycles. The van der Waals surface area contributed by atoms with Gasteiger partial charge in [-0.1, -0.05) is 0 Å². The van der Waals surface area contributed by atoms with Crippen LogP contribution in [0, 0.1) is 0 Å². The number of hydrogen-bond acceptors (Lipinski definition) is 6. The number of ether oxygens (including phenoxy) is 3. The van der Waals surface area contributed by atoms with Crippen molar-refractivity contribution in [1.29, 1.82) is 0 Å². The molecule has 1 amide bonds. The molecule has 0 spiro atoms. The predicted octanol–water partition coefficient (Wildman–Crippen LogP) is 2.54. The van der Waals surface area contributed by atoms with Crippen molar-refractivity contribution < 1.29 is 19.0 Å². The van der Waals surface area contributed by atoms with Crippen LogP contribution in [0.3, 0.4) is 0 Å². The van der Waals surface area contributed by atoms with Crippen LogP contribution in [0.5, 0.6) is 11.8 Å². The molecular weight excluding hydrogens is 348 g/mol. The summed E-state index contributed by atoms with van der Waals surface area (Å²) in [6.45, 7) is 0.795. The standard InChI is InChI=1S/C19H20N4O4/c1-25-11-12-27-19-21-18(14-3-9-17(26-2)10-4-14)23(22-19)16-7-5-15(6-8-16)20-13-24/h3-10,13H,11-12H2,1-2H3,(H,20,24). The first kappa shape index (κ1) is 18.4. The van der Waals surface area contributed by atoms with Crippen LogP contribution in [0.15, 0.2) is 48.5 Å². The molecule has 8 heteroatoms. The van der Waals surface area contributed by atoms with Crippen LogP contribution in [-0.4, -0.2) is 48.6 Å². The zero-order valence-electron chi connectivity index (χ0n) is 15.1. The summed E-state index contributed by atoms with van der Waals surface area (Å²) in [4.78, 5) is 15.1. The lowest BCUT2D eigenvalue weighted by Gasteiger charge is -2.07. The molecule has 3 rings (SSSR count). The summed E-state index contributed by atoms with van der Waals surface area (Å²) in [5, 5.41) is 7.06. The SMILES string of the molecule is COCCOc1nc(-c2ccc(OC)cc2)n(-c2ccc(NC=O)cc2)n1. The van der Waals surface area contributed by atoms with Crippen molar-refractivity contribution in [3.05, 3.63) is 48.5 Å². The maximum Gasteiger partial charge on any atom is 0.336 e. The van der Waals surface area contributed by atoms with Gasteiger partial charge in [0.05, 0.1) is 19.4 Å². The van der Waals surface area contributed by atoms with Gasteiger partial charge in [0.25, 0.3) is 0 Å². The van der Waals surface area contributed by atoms with Crippen LogP contribution in [-0.2, 0) is 9.53 Å². The Bertz CT molecular complexity index is 876. The second kappa shape index (κ2) is 8.81. The minimum atomic E-state index is 0.257. The lowest BCUT2D eigenvalue weighted by atomic mass is 10.2. The van der Waals surface area contributed by atoms with E-state index in [1.165, 1.54) is 0 Å². The fourth-order valence-corrected chi connectivity index (χ4v) is 2.44. The maximum atomic E-state index is 10.6. The van der Waals surface area contributed by atoms with E-state index in [-0.39, 0.29) is 6.01 Å². The number of carbonyl (C=O) groups excluding carboxylic acids is 1. The Hall–Kier alpha value is -3.39. The molecule has 1 heterocycles. The fraction of sp³-hybridized carbons (Fsp3) is 0.211. The molecule has 0 aliphatic carbocycles. The Morgan fingerprint density at radius 2 is 1.78 bits per heavy atom. The maximum absolute atomic E-state index is 10.6. The zero-order valence-corrected chi connectivity index (χ0v) is 15.1. The first-order valence-electron chi connectivity index (χ1n) is 8.29. The van der Waals surface area contributed by atoms with E-state index in [0.29, 0.717) is 31.1 Å². The summed E-state index contributed by atoms with van der Waals surface area (Å²) in [6.07, 6.45) is 0.634. The quantitative estimate of drug-likeness (QED) is 0.461. The first-order chi connectivity index (χ1) is 13.2. The molecule has 1 aromatic heterocycles. The van der Waals surface area contributed by atoms with Gasteiger partial charge in [0.15, 0.2) is 5.82 Å². The number of methoxy groups -OCH3 is 2. The summed E-state index contributed by atoms with van der Waals surface area (Å²) in [7, 11) is 3.22. The third kappa shape index (κ3) is 4.42. The molecule has 0 radical (unpaired) electrons. The number of rotatable bonds is 9. The van der Waals surface area contributed by atoms with Crippen molar-refractivity contribution in [2.45, 2.75) is 0 Å². The van der Waals surface area contributed by atoms with Gasteiger partial charge in [0.1, 0.15) is 12.4 Å². The van der Waals surface area contributed by atoms with E-state index in [4.69, 9.17) is 14.2 Å². The number of benzene rings is 2. The highest BCUT2D eigenvalue weighted by molar-refractivity contribution is 5.71. The van der Waals surface area contributed by atoms with E-state index in [2.05, 4.69) is 15.4 Å². The fourth-order valence-electron chi connectivity index (χ4n) is 2.44. The molecular formula is C19H20N4O4. The van der Waals surface area contributed by atoms with Crippen LogP contribution >= 0.6 is 0 Å². The van der Waals surface area contributed by atoms with Gasteiger partial charge in [-0.15, -0.1) is 5.10 Å². The molecule has 0 aliphatic rings. The Morgan fingerprint density at radius 1 is 1.04 bits per heavy atom. The molecule has 2 aromatic carbocycles.